The third kappa shape index (κ3) is 3.84. The number of amides is 2. The van der Waals surface area contributed by atoms with Crippen LogP contribution in [0.3, 0.4) is 0 Å². The maximum absolute atomic E-state index is 13.0. The second-order valence-electron chi connectivity index (χ2n) is 3.06. The van der Waals surface area contributed by atoms with E-state index in [1.807, 2.05) is 6.07 Å². The number of nitrogens with zero attached hydrogens (tertiary/aromatic N) is 1. The van der Waals surface area contributed by atoms with E-state index in [0.717, 1.165) is 6.07 Å². The van der Waals surface area contributed by atoms with Crippen LogP contribution in [-0.4, -0.2) is 19.1 Å². The maximum Gasteiger partial charge on any atom is 0.312 e. The number of primary amides is 1. The van der Waals surface area contributed by atoms with Crippen LogP contribution in [0.15, 0.2) is 18.2 Å². The van der Waals surface area contributed by atoms with Crippen molar-refractivity contribution in [2.24, 2.45) is 5.73 Å². The Morgan fingerprint density at radius 3 is 2.81 bits per heavy atom. The van der Waals surface area contributed by atoms with Gasteiger partial charge in [0.2, 0.25) is 0 Å². The lowest BCUT2D eigenvalue weighted by molar-refractivity contribution is 0.249. The highest BCUT2D eigenvalue weighted by atomic mass is 19.1. The highest BCUT2D eigenvalue weighted by molar-refractivity contribution is 5.71. The Bertz CT molecular complexity index is 427. The van der Waals surface area contributed by atoms with Crippen molar-refractivity contribution in [1.29, 1.82) is 5.26 Å². The molecule has 1 rings (SSSR count). The minimum absolute atomic E-state index is 0.241. The molecule has 0 bridgehead atoms. The molecule has 0 spiro atoms. The minimum atomic E-state index is -0.612. The van der Waals surface area contributed by atoms with Gasteiger partial charge in [-0.3, -0.25) is 0 Å². The van der Waals surface area contributed by atoms with Crippen molar-refractivity contribution >= 4 is 11.7 Å². The summed E-state index contributed by atoms with van der Waals surface area (Å²) in [4.78, 5) is 10.3. The van der Waals surface area contributed by atoms with E-state index < -0.39 is 11.8 Å². The van der Waals surface area contributed by atoms with Gasteiger partial charge in [-0.25, -0.2) is 9.18 Å². The molecule has 0 aliphatic heterocycles. The Morgan fingerprint density at radius 2 is 2.19 bits per heavy atom. The largest absolute Gasteiger partial charge is 0.383 e. The molecule has 4 N–H and O–H groups in total. The van der Waals surface area contributed by atoms with Crippen molar-refractivity contribution in [2.75, 3.05) is 18.4 Å². The molecule has 0 aliphatic carbocycles. The van der Waals surface area contributed by atoms with E-state index in [4.69, 9.17) is 11.0 Å². The summed E-state index contributed by atoms with van der Waals surface area (Å²) in [7, 11) is 0. The van der Waals surface area contributed by atoms with E-state index in [9.17, 15) is 9.18 Å². The van der Waals surface area contributed by atoms with Crippen LogP contribution in [0.4, 0.5) is 14.9 Å². The molecule has 0 aromatic heterocycles. The molecule has 1 aromatic rings. The molecule has 0 fully saturated rings. The Balaban J connectivity index is 2.51. The van der Waals surface area contributed by atoms with Gasteiger partial charge >= 0.3 is 6.03 Å². The number of anilines is 1. The van der Waals surface area contributed by atoms with Crippen molar-refractivity contribution in [2.45, 2.75) is 0 Å². The van der Waals surface area contributed by atoms with Gasteiger partial charge in [0.05, 0.1) is 11.6 Å². The van der Waals surface area contributed by atoms with Crippen molar-refractivity contribution in [3.8, 4) is 6.07 Å². The van der Waals surface area contributed by atoms with Gasteiger partial charge < -0.3 is 16.4 Å². The highest BCUT2D eigenvalue weighted by Crippen LogP contribution is 2.12. The zero-order valence-corrected chi connectivity index (χ0v) is 8.46. The van der Waals surface area contributed by atoms with Crippen LogP contribution in [0.5, 0.6) is 0 Å². The number of nitrogens with two attached hydrogens (primary N) is 1. The molecular weight excluding hydrogens is 211 g/mol. The number of carbonyl (C=O) groups is 1. The van der Waals surface area contributed by atoms with Gasteiger partial charge in [-0.1, -0.05) is 0 Å². The van der Waals surface area contributed by atoms with E-state index in [-0.39, 0.29) is 5.56 Å². The molecule has 0 saturated carbocycles. The van der Waals surface area contributed by atoms with E-state index in [1.165, 1.54) is 12.1 Å². The monoisotopic (exact) mass is 222 g/mol. The molecule has 2 amide bonds. The molecule has 0 radical (unpaired) electrons. The van der Waals surface area contributed by atoms with Gasteiger partial charge in [0.1, 0.15) is 5.82 Å². The normalized spacial score (nSPS) is 9.25. The van der Waals surface area contributed by atoms with Crippen LogP contribution < -0.4 is 16.4 Å². The molecule has 0 saturated heterocycles. The van der Waals surface area contributed by atoms with Gasteiger partial charge in [0.25, 0.3) is 0 Å². The average molecular weight is 222 g/mol. The van der Waals surface area contributed by atoms with Crippen molar-refractivity contribution in [3.05, 3.63) is 29.6 Å². The van der Waals surface area contributed by atoms with Crippen molar-refractivity contribution in [3.63, 3.8) is 0 Å². The van der Waals surface area contributed by atoms with Crippen molar-refractivity contribution in [1.82, 2.24) is 5.32 Å². The third-order valence-electron chi connectivity index (χ3n) is 1.78. The summed E-state index contributed by atoms with van der Waals surface area (Å²) in [5.41, 5.74) is 5.59. The molecule has 0 unspecified atom stereocenters. The zero-order valence-electron chi connectivity index (χ0n) is 8.46. The number of benzene rings is 1. The van der Waals surface area contributed by atoms with Gasteiger partial charge in [-0.15, -0.1) is 0 Å². The maximum atomic E-state index is 13.0. The first-order chi connectivity index (χ1) is 7.61. The molecule has 16 heavy (non-hydrogen) atoms. The summed E-state index contributed by atoms with van der Waals surface area (Å²) in [6.07, 6.45) is 0. The molecule has 0 atom stereocenters. The van der Waals surface area contributed by atoms with E-state index in [0.29, 0.717) is 18.8 Å². The van der Waals surface area contributed by atoms with E-state index in [2.05, 4.69) is 10.6 Å². The van der Waals surface area contributed by atoms with Crippen LogP contribution in [-0.2, 0) is 0 Å². The first-order valence-electron chi connectivity index (χ1n) is 4.59. The van der Waals surface area contributed by atoms with Crippen molar-refractivity contribution < 1.29 is 9.18 Å². The molecule has 0 aliphatic rings. The fourth-order valence-electron chi connectivity index (χ4n) is 1.15. The second kappa shape index (κ2) is 5.56. The Kier molecular flexibility index (Phi) is 4.09. The summed E-state index contributed by atoms with van der Waals surface area (Å²) in [6, 6.07) is 5.17. The van der Waals surface area contributed by atoms with E-state index in [1.54, 1.807) is 0 Å². The third-order valence-corrected chi connectivity index (χ3v) is 1.78. The topological polar surface area (TPSA) is 90.9 Å². The first-order valence-corrected chi connectivity index (χ1v) is 4.59. The lowest BCUT2D eigenvalue weighted by Gasteiger charge is -2.07. The van der Waals surface area contributed by atoms with Crippen LogP contribution in [0.25, 0.3) is 0 Å². The number of nitriles is 1. The summed E-state index contributed by atoms with van der Waals surface area (Å²) in [6.45, 7) is 0.727. The lowest BCUT2D eigenvalue weighted by Crippen LogP contribution is -2.33. The van der Waals surface area contributed by atoms with Crippen LogP contribution in [0.1, 0.15) is 5.56 Å². The summed E-state index contributed by atoms with van der Waals surface area (Å²) in [5, 5.41) is 13.8. The number of hydrogen-bond donors (Lipinski definition) is 3. The standard InChI is InChI=1S/C10H11FN4O/c11-8-3-7(6-12)4-9(5-8)14-1-2-15-10(13)16/h3-5,14H,1-2H2,(H3,13,15,16). The van der Waals surface area contributed by atoms with Crippen LogP contribution in [0, 0.1) is 17.1 Å². The molecular formula is C10H11FN4O. The summed E-state index contributed by atoms with van der Waals surface area (Å²) < 4.78 is 13.0. The molecule has 84 valence electrons. The molecule has 6 heteroatoms. The lowest BCUT2D eigenvalue weighted by atomic mass is 10.2. The summed E-state index contributed by atoms with van der Waals surface area (Å²) >= 11 is 0. The Labute approximate surface area is 92.1 Å². The quantitative estimate of drug-likeness (QED) is 0.657. The van der Waals surface area contributed by atoms with Crippen LogP contribution in [0.2, 0.25) is 0 Å². The van der Waals surface area contributed by atoms with Gasteiger partial charge in [-0.2, -0.15) is 5.26 Å². The molecule has 1 aromatic carbocycles. The number of rotatable bonds is 4. The molecule has 0 heterocycles. The Hall–Kier alpha value is -2.29. The number of nitrogens with one attached hydrogen (secondary N) is 2. The van der Waals surface area contributed by atoms with Gasteiger partial charge in [0.15, 0.2) is 0 Å². The number of halogens is 1. The minimum Gasteiger partial charge on any atom is -0.383 e. The number of urea groups is 1. The smallest absolute Gasteiger partial charge is 0.312 e. The first kappa shape index (κ1) is 11.8. The Morgan fingerprint density at radius 1 is 1.44 bits per heavy atom. The predicted molar refractivity (Wildman–Crippen MR) is 57.2 cm³/mol. The van der Waals surface area contributed by atoms with Gasteiger partial charge in [0, 0.05) is 18.8 Å². The number of hydrogen-bond acceptors (Lipinski definition) is 3. The van der Waals surface area contributed by atoms with Crippen LogP contribution >= 0.6 is 0 Å². The zero-order chi connectivity index (χ0) is 12.0. The summed E-state index contributed by atoms with van der Waals surface area (Å²) in [5.74, 6) is -0.482. The fraction of sp³-hybridized carbons (Fsp3) is 0.200. The van der Waals surface area contributed by atoms with E-state index >= 15 is 0 Å². The van der Waals surface area contributed by atoms with Gasteiger partial charge in [-0.05, 0) is 18.2 Å². The SMILES string of the molecule is N#Cc1cc(F)cc(NCCNC(N)=O)c1. The second-order valence-corrected chi connectivity index (χ2v) is 3.06. The predicted octanol–water partition coefficient (Wildman–Crippen LogP) is 0.778. The average Bonchev–Trinajstić information content (AvgIpc) is 2.23. The fourth-order valence-corrected chi connectivity index (χ4v) is 1.15. The highest BCUT2D eigenvalue weighted by Gasteiger charge is 1.99. The molecule has 5 nitrogen and oxygen atoms in total. The number of carbonyl (C=O) groups excluding carboxylic acids is 1.